The summed E-state index contributed by atoms with van der Waals surface area (Å²) in [7, 11) is 0. The van der Waals surface area contributed by atoms with Crippen LogP contribution in [0.3, 0.4) is 0 Å². The van der Waals surface area contributed by atoms with Crippen molar-refractivity contribution >= 4 is 5.71 Å². The van der Waals surface area contributed by atoms with Gasteiger partial charge in [-0.1, -0.05) is 32.0 Å². The third kappa shape index (κ3) is 2.50. The quantitative estimate of drug-likeness (QED) is 0.826. The van der Waals surface area contributed by atoms with Crippen LogP contribution in [0.5, 0.6) is 17.2 Å². The number of benzene rings is 2. The number of nitrogens with zero attached hydrogens (tertiary/aromatic N) is 2. The monoisotopic (exact) mass is 350 g/mol. The van der Waals surface area contributed by atoms with Crippen LogP contribution >= 0.6 is 0 Å². The smallest absolute Gasteiger partial charge is 0.231 e. The van der Waals surface area contributed by atoms with Gasteiger partial charge in [-0.25, -0.2) is 0 Å². The molecule has 0 fully saturated rings. The van der Waals surface area contributed by atoms with E-state index >= 15 is 0 Å². The van der Waals surface area contributed by atoms with Crippen molar-refractivity contribution in [3.8, 4) is 17.2 Å². The van der Waals surface area contributed by atoms with E-state index in [0.717, 1.165) is 41.4 Å². The van der Waals surface area contributed by atoms with Crippen LogP contribution in [0.2, 0.25) is 0 Å². The molecule has 2 aromatic rings. The summed E-state index contributed by atoms with van der Waals surface area (Å²) in [5.74, 6) is 3.12. The second kappa shape index (κ2) is 5.94. The third-order valence-corrected chi connectivity index (χ3v) is 5.16. The summed E-state index contributed by atoms with van der Waals surface area (Å²) in [6, 6.07) is 14.6. The Balaban J connectivity index is 1.51. The Morgan fingerprint density at radius 1 is 1.08 bits per heavy atom. The van der Waals surface area contributed by atoms with Gasteiger partial charge in [-0.2, -0.15) is 5.10 Å². The Labute approximate surface area is 153 Å². The number of fused-ring (bicyclic) bond motifs is 4. The van der Waals surface area contributed by atoms with Gasteiger partial charge in [-0.3, -0.25) is 5.01 Å². The van der Waals surface area contributed by atoms with Crippen LogP contribution in [-0.4, -0.2) is 23.7 Å². The van der Waals surface area contributed by atoms with Gasteiger partial charge in [0.05, 0.1) is 11.8 Å². The molecule has 3 aliphatic rings. The largest absolute Gasteiger partial charge is 0.469 e. The maximum atomic E-state index is 6.29. The Bertz CT molecular complexity index is 877. The Hall–Kier alpha value is -2.69. The molecular weight excluding hydrogens is 328 g/mol. The van der Waals surface area contributed by atoms with E-state index in [4.69, 9.17) is 19.3 Å². The van der Waals surface area contributed by atoms with E-state index in [2.05, 4.69) is 43.1 Å². The second-order valence-corrected chi connectivity index (χ2v) is 7.45. The fraction of sp³-hybridized carbons (Fsp3) is 0.381. The van der Waals surface area contributed by atoms with E-state index in [1.165, 1.54) is 5.56 Å². The summed E-state index contributed by atoms with van der Waals surface area (Å²) in [4.78, 5) is 0. The molecular formula is C21H22N2O3. The number of hydrogen-bond donors (Lipinski definition) is 0. The van der Waals surface area contributed by atoms with Crippen molar-refractivity contribution in [1.82, 2.24) is 5.01 Å². The number of ether oxygens (including phenoxy) is 3. The van der Waals surface area contributed by atoms with Gasteiger partial charge in [0, 0.05) is 24.0 Å². The van der Waals surface area contributed by atoms with Crippen molar-refractivity contribution < 1.29 is 14.2 Å². The molecule has 0 saturated heterocycles. The van der Waals surface area contributed by atoms with Crippen LogP contribution in [0.4, 0.5) is 0 Å². The fourth-order valence-corrected chi connectivity index (χ4v) is 3.92. The van der Waals surface area contributed by atoms with E-state index in [9.17, 15) is 0 Å². The lowest BCUT2D eigenvalue weighted by Gasteiger charge is -2.38. The Morgan fingerprint density at radius 3 is 2.81 bits per heavy atom. The molecule has 5 heteroatoms. The van der Waals surface area contributed by atoms with E-state index < -0.39 is 0 Å². The molecule has 0 bridgehead atoms. The minimum absolute atomic E-state index is 0.0265. The molecule has 5 rings (SSSR count). The standard InChI is InChI=1S/C21H22N2O3/c1-13(2)9-21-23-17(15-5-3-4-6-18(15)26-21)11-16(22-23)14-7-8-19-20(10-14)25-12-24-19/h3-8,10,13,17,21H,9,11-12H2,1-2H3. The van der Waals surface area contributed by atoms with E-state index in [1.54, 1.807) is 0 Å². The lowest BCUT2D eigenvalue weighted by molar-refractivity contribution is -0.0291. The first-order chi connectivity index (χ1) is 12.7. The molecule has 0 amide bonds. The van der Waals surface area contributed by atoms with E-state index in [-0.39, 0.29) is 19.1 Å². The van der Waals surface area contributed by atoms with Crippen molar-refractivity contribution in [3.05, 3.63) is 53.6 Å². The first kappa shape index (κ1) is 15.6. The molecule has 2 unspecified atom stereocenters. The minimum Gasteiger partial charge on any atom is -0.469 e. The lowest BCUT2D eigenvalue weighted by Crippen LogP contribution is -2.41. The number of hydrogen-bond acceptors (Lipinski definition) is 5. The molecule has 0 spiro atoms. The van der Waals surface area contributed by atoms with Gasteiger partial charge in [0.15, 0.2) is 17.7 Å². The highest BCUT2D eigenvalue weighted by atomic mass is 16.7. The Kier molecular flexibility index (Phi) is 3.55. The zero-order valence-electron chi connectivity index (χ0n) is 15.0. The van der Waals surface area contributed by atoms with Crippen molar-refractivity contribution in [2.75, 3.05) is 6.79 Å². The SMILES string of the molecule is CC(C)CC1Oc2ccccc2C2CC(c3ccc4c(c3)OCO4)=NN12. The van der Waals surface area contributed by atoms with Crippen molar-refractivity contribution in [2.45, 2.75) is 39.0 Å². The van der Waals surface area contributed by atoms with Crippen molar-refractivity contribution in [2.24, 2.45) is 11.0 Å². The molecule has 0 aliphatic carbocycles. The summed E-state index contributed by atoms with van der Waals surface area (Å²) in [5, 5.41) is 7.12. The van der Waals surface area contributed by atoms with Gasteiger partial charge in [-0.05, 0) is 30.2 Å². The summed E-state index contributed by atoms with van der Waals surface area (Å²) in [5.41, 5.74) is 3.37. The topological polar surface area (TPSA) is 43.3 Å². The van der Waals surface area contributed by atoms with Crippen LogP contribution in [-0.2, 0) is 0 Å². The number of para-hydroxylation sites is 1. The first-order valence-corrected chi connectivity index (χ1v) is 9.20. The summed E-state index contributed by atoms with van der Waals surface area (Å²) in [6.45, 7) is 4.73. The number of hydrazone groups is 1. The molecule has 0 saturated carbocycles. The van der Waals surface area contributed by atoms with Gasteiger partial charge in [-0.15, -0.1) is 0 Å². The summed E-state index contributed by atoms with van der Waals surface area (Å²) in [6.07, 6.45) is 1.79. The maximum absolute atomic E-state index is 6.29. The van der Waals surface area contributed by atoms with Gasteiger partial charge in [0.1, 0.15) is 5.75 Å². The highest BCUT2D eigenvalue weighted by Crippen LogP contribution is 2.44. The van der Waals surface area contributed by atoms with E-state index in [0.29, 0.717) is 5.92 Å². The third-order valence-electron chi connectivity index (χ3n) is 5.16. The molecule has 3 aliphatic heterocycles. The summed E-state index contributed by atoms with van der Waals surface area (Å²) >= 11 is 0. The first-order valence-electron chi connectivity index (χ1n) is 9.20. The van der Waals surface area contributed by atoms with E-state index in [1.807, 2.05) is 18.2 Å². The van der Waals surface area contributed by atoms with Crippen molar-refractivity contribution in [1.29, 1.82) is 0 Å². The molecule has 26 heavy (non-hydrogen) atoms. The number of rotatable bonds is 3. The molecule has 0 N–H and O–H groups in total. The predicted octanol–water partition coefficient (Wildman–Crippen LogP) is 4.33. The van der Waals surface area contributed by atoms with Crippen molar-refractivity contribution in [3.63, 3.8) is 0 Å². The average molecular weight is 350 g/mol. The maximum Gasteiger partial charge on any atom is 0.231 e. The van der Waals surface area contributed by atoms with Gasteiger partial charge < -0.3 is 14.2 Å². The van der Waals surface area contributed by atoms with Crippen LogP contribution in [0.25, 0.3) is 0 Å². The van der Waals surface area contributed by atoms with Gasteiger partial charge >= 0.3 is 0 Å². The highest BCUT2D eigenvalue weighted by molar-refractivity contribution is 6.02. The molecule has 3 heterocycles. The molecule has 5 nitrogen and oxygen atoms in total. The lowest BCUT2D eigenvalue weighted by atomic mass is 9.95. The van der Waals surface area contributed by atoms with Crippen LogP contribution in [0, 0.1) is 5.92 Å². The van der Waals surface area contributed by atoms with Crippen LogP contribution in [0.1, 0.15) is 43.9 Å². The highest BCUT2D eigenvalue weighted by Gasteiger charge is 2.40. The molecule has 2 aromatic carbocycles. The molecule has 134 valence electrons. The summed E-state index contributed by atoms with van der Waals surface area (Å²) < 4.78 is 17.2. The molecule has 2 atom stereocenters. The molecule has 0 radical (unpaired) electrons. The predicted molar refractivity (Wildman–Crippen MR) is 98.6 cm³/mol. The average Bonchev–Trinajstić information content (AvgIpc) is 3.28. The zero-order chi connectivity index (χ0) is 17.7. The fourth-order valence-electron chi connectivity index (χ4n) is 3.92. The van der Waals surface area contributed by atoms with Crippen LogP contribution in [0.15, 0.2) is 47.6 Å². The van der Waals surface area contributed by atoms with Gasteiger partial charge in [0.2, 0.25) is 6.79 Å². The van der Waals surface area contributed by atoms with Crippen LogP contribution < -0.4 is 14.2 Å². The minimum atomic E-state index is -0.0265. The molecule has 0 aromatic heterocycles. The van der Waals surface area contributed by atoms with Gasteiger partial charge in [0.25, 0.3) is 0 Å². The normalized spacial score (nSPS) is 22.7. The second-order valence-electron chi connectivity index (χ2n) is 7.45. The Morgan fingerprint density at radius 2 is 1.92 bits per heavy atom. The zero-order valence-corrected chi connectivity index (χ0v) is 15.0.